The molecule has 86 valence electrons. The van der Waals surface area contributed by atoms with Crippen LogP contribution in [-0.2, 0) is 4.79 Å². The average molecular weight is 218 g/mol. The van der Waals surface area contributed by atoms with Crippen LogP contribution < -0.4 is 11.1 Å². The van der Waals surface area contributed by atoms with Crippen LogP contribution in [0.2, 0.25) is 0 Å². The molecule has 1 aliphatic carbocycles. The van der Waals surface area contributed by atoms with Crippen molar-refractivity contribution >= 4 is 17.3 Å². The molecule has 0 unspecified atom stereocenters. The highest BCUT2D eigenvalue weighted by Crippen LogP contribution is 2.29. The Bertz CT molecular complexity index is 397. The van der Waals surface area contributed by atoms with Crippen LogP contribution in [-0.4, -0.2) is 5.91 Å². The number of benzene rings is 1. The Morgan fingerprint density at radius 3 is 2.88 bits per heavy atom. The molecule has 0 radical (unpaired) electrons. The van der Waals surface area contributed by atoms with Crippen LogP contribution >= 0.6 is 0 Å². The second-order valence-electron chi connectivity index (χ2n) is 4.62. The minimum atomic E-state index is 0.110. The van der Waals surface area contributed by atoms with Gasteiger partial charge in [0.1, 0.15) is 0 Å². The summed E-state index contributed by atoms with van der Waals surface area (Å²) < 4.78 is 0. The maximum atomic E-state index is 11.7. The molecular weight excluding hydrogens is 200 g/mol. The van der Waals surface area contributed by atoms with Gasteiger partial charge < -0.3 is 11.1 Å². The summed E-state index contributed by atoms with van der Waals surface area (Å²) in [5, 5.41) is 2.93. The highest BCUT2D eigenvalue weighted by molar-refractivity contribution is 5.92. The molecule has 1 fully saturated rings. The molecule has 2 rings (SSSR count). The van der Waals surface area contributed by atoms with Gasteiger partial charge in [0.2, 0.25) is 5.91 Å². The lowest BCUT2D eigenvalue weighted by Crippen LogP contribution is -2.21. The zero-order valence-electron chi connectivity index (χ0n) is 9.62. The van der Waals surface area contributed by atoms with Crippen molar-refractivity contribution in [1.29, 1.82) is 0 Å². The molecule has 0 atom stereocenters. The number of aryl methyl sites for hydroxylation is 1. The summed E-state index contributed by atoms with van der Waals surface area (Å²) in [5.74, 6) is 0.708. The second kappa shape index (κ2) is 4.56. The molecule has 0 aromatic heterocycles. The summed E-state index contributed by atoms with van der Waals surface area (Å²) in [7, 11) is 0. The van der Waals surface area contributed by atoms with Gasteiger partial charge >= 0.3 is 0 Å². The fourth-order valence-electron chi connectivity index (χ4n) is 1.93. The molecule has 16 heavy (non-hydrogen) atoms. The van der Waals surface area contributed by atoms with Crippen molar-refractivity contribution in [3.05, 3.63) is 23.8 Å². The fraction of sp³-hybridized carbons (Fsp3) is 0.462. The zero-order chi connectivity index (χ0) is 11.5. The third-order valence-electron chi connectivity index (χ3n) is 3.23. The molecule has 3 N–H and O–H groups in total. The van der Waals surface area contributed by atoms with E-state index in [-0.39, 0.29) is 5.91 Å². The number of rotatable bonds is 3. The number of anilines is 2. The van der Waals surface area contributed by atoms with E-state index in [1.165, 1.54) is 19.3 Å². The van der Waals surface area contributed by atoms with E-state index in [1.807, 2.05) is 25.1 Å². The van der Waals surface area contributed by atoms with E-state index >= 15 is 0 Å². The summed E-state index contributed by atoms with van der Waals surface area (Å²) in [6, 6.07) is 5.58. The van der Waals surface area contributed by atoms with E-state index in [0.29, 0.717) is 18.0 Å². The number of carbonyl (C=O) groups excluding carboxylic acids is 1. The van der Waals surface area contributed by atoms with Crippen LogP contribution in [0.3, 0.4) is 0 Å². The van der Waals surface area contributed by atoms with Crippen LogP contribution in [0.5, 0.6) is 0 Å². The highest BCUT2D eigenvalue weighted by Gasteiger charge is 2.20. The molecule has 1 saturated carbocycles. The van der Waals surface area contributed by atoms with Gasteiger partial charge in [0, 0.05) is 17.8 Å². The first-order valence-electron chi connectivity index (χ1n) is 5.81. The van der Waals surface area contributed by atoms with Gasteiger partial charge in [-0.25, -0.2) is 0 Å². The van der Waals surface area contributed by atoms with E-state index in [9.17, 15) is 4.79 Å². The van der Waals surface area contributed by atoms with Crippen LogP contribution in [0, 0.1) is 12.8 Å². The summed E-state index contributed by atoms with van der Waals surface area (Å²) >= 11 is 0. The third kappa shape index (κ3) is 2.54. The number of hydrogen-bond acceptors (Lipinski definition) is 2. The maximum Gasteiger partial charge on any atom is 0.224 e. The van der Waals surface area contributed by atoms with Crippen LogP contribution in [0.4, 0.5) is 11.4 Å². The molecule has 1 aromatic carbocycles. The highest BCUT2D eigenvalue weighted by atomic mass is 16.1. The molecule has 1 aromatic rings. The fourth-order valence-corrected chi connectivity index (χ4v) is 1.93. The minimum Gasteiger partial charge on any atom is -0.399 e. The summed E-state index contributed by atoms with van der Waals surface area (Å²) in [5.41, 5.74) is 8.26. The van der Waals surface area contributed by atoms with Crippen LogP contribution in [0.25, 0.3) is 0 Å². The lowest BCUT2D eigenvalue weighted by Gasteiger charge is -2.24. The number of hydrogen-bond donors (Lipinski definition) is 2. The predicted molar refractivity (Wildman–Crippen MR) is 66.2 cm³/mol. The molecule has 0 saturated heterocycles. The molecule has 0 aliphatic heterocycles. The Kier molecular flexibility index (Phi) is 3.13. The molecule has 0 bridgehead atoms. The third-order valence-corrected chi connectivity index (χ3v) is 3.23. The quantitative estimate of drug-likeness (QED) is 0.766. The largest absolute Gasteiger partial charge is 0.399 e. The number of nitrogen functional groups attached to an aromatic ring is 1. The first kappa shape index (κ1) is 11.0. The van der Waals surface area contributed by atoms with Crippen molar-refractivity contribution < 1.29 is 4.79 Å². The first-order chi connectivity index (χ1) is 7.65. The number of carbonyl (C=O) groups is 1. The van der Waals surface area contributed by atoms with Crippen molar-refractivity contribution in [2.24, 2.45) is 5.92 Å². The number of nitrogens with two attached hydrogens (primary N) is 1. The normalized spacial score (nSPS) is 15.6. The van der Waals surface area contributed by atoms with Crippen LogP contribution in [0.15, 0.2) is 18.2 Å². The van der Waals surface area contributed by atoms with Crippen molar-refractivity contribution in [3.63, 3.8) is 0 Å². The molecule has 0 heterocycles. The molecule has 3 nitrogen and oxygen atoms in total. The molecule has 0 spiro atoms. The Hall–Kier alpha value is -1.51. The van der Waals surface area contributed by atoms with Gasteiger partial charge in [0.15, 0.2) is 0 Å². The first-order valence-corrected chi connectivity index (χ1v) is 5.81. The van der Waals surface area contributed by atoms with E-state index < -0.39 is 0 Å². The Balaban J connectivity index is 1.96. The minimum absolute atomic E-state index is 0.110. The van der Waals surface area contributed by atoms with E-state index in [4.69, 9.17) is 5.73 Å². The molecule has 1 aliphatic rings. The monoisotopic (exact) mass is 218 g/mol. The standard InChI is InChI=1S/C13H18N2O/c1-9-5-6-11(14)8-12(9)15-13(16)7-10-3-2-4-10/h5-6,8,10H,2-4,7,14H2,1H3,(H,15,16). The van der Waals surface area contributed by atoms with Gasteiger partial charge in [-0.05, 0) is 43.4 Å². The molecular formula is C13H18N2O. The van der Waals surface area contributed by atoms with Crippen molar-refractivity contribution in [3.8, 4) is 0 Å². The van der Waals surface area contributed by atoms with E-state index in [1.54, 1.807) is 0 Å². The summed E-state index contributed by atoms with van der Waals surface area (Å²) in [6.07, 6.45) is 4.32. The second-order valence-corrected chi connectivity index (χ2v) is 4.62. The SMILES string of the molecule is Cc1ccc(N)cc1NC(=O)CC1CCC1. The Labute approximate surface area is 96.0 Å². The van der Waals surface area contributed by atoms with Crippen molar-refractivity contribution in [2.45, 2.75) is 32.6 Å². The van der Waals surface area contributed by atoms with E-state index in [2.05, 4.69) is 5.32 Å². The van der Waals surface area contributed by atoms with E-state index in [0.717, 1.165) is 11.3 Å². The smallest absolute Gasteiger partial charge is 0.224 e. The van der Waals surface area contributed by atoms with Gasteiger partial charge in [0.25, 0.3) is 0 Å². The van der Waals surface area contributed by atoms with Gasteiger partial charge in [-0.2, -0.15) is 0 Å². The maximum absolute atomic E-state index is 11.7. The topological polar surface area (TPSA) is 55.1 Å². The predicted octanol–water partition coefficient (Wildman–Crippen LogP) is 2.71. The summed E-state index contributed by atoms with van der Waals surface area (Å²) in [6.45, 7) is 1.97. The van der Waals surface area contributed by atoms with Gasteiger partial charge in [-0.15, -0.1) is 0 Å². The van der Waals surface area contributed by atoms with Gasteiger partial charge in [0.05, 0.1) is 0 Å². The Morgan fingerprint density at radius 2 is 2.25 bits per heavy atom. The van der Waals surface area contributed by atoms with Crippen LogP contribution in [0.1, 0.15) is 31.2 Å². The molecule has 3 heteroatoms. The average Bonchev–Trinajstić information content (AvgIpc) is 2.18. The van der Waals surface area contributed by atoms with Crippen molar-refractivity contribution in [2.75, 3.05) is 11.1 Å². The molecule has 1 amide bonds. The Morgan fingerprint density at radius 1 is 1.50 bits per heavy atom. The number of nitrogens with one attached hydrogen (secondary N) is 1. The summed E-state index contributed by atoms with van der Waals surface area (Å²) in [4.78, 5) is 11.7. The van der Waals surface area contributed by atoms with Gasteiger partial charge in [-0.3, -0.25) is 4.79 Å². The lowest BCUT2D eigenvalue weighted by atomic mass is 9.83. The number of amides is 1. The van der Waals surface area contributed by atoms with Crippen molar-refractivity contribution in [1.82, 2.24) is 0 Å². The lowest BCUT2D eigenvalue weighted by molar-refractivity contribution is -0.117. The zero-order valence-corrected chi connectivity index (χ0v) is 9.62. The van der Waals surface area contributed by atoms with Gasteiger partial charge in [-0.1, -0.05) is 12.5 Å².